The van der Waals surface area contributed by atoms with Gasteiger partial charge >= 0.3 is 7.12 Å². The number of rotatable bonds is 2. The zero-order valence-corrected chi connectivity index (χ0v) is 12.1. The minimum Gasteiger partial charge on any atom is -0.398 e. The zero-order valence-electron chi connectivity index (χ0n) is 12.1. The SMILES string of the molecule is CC(C)(C)CC=C(F)B1OC(C)(C)C(C)(C)O1. The molecule has 98 valence electrons. The standard InChI is InChI=1S/C13H24BFO2/c1-11(2,3)9-8-10(15)14-16-12(4,5)13(6,7)17-14/h8H,9H2,1-7H3. The summed E-state index contributed by atoms with van der Waals surface area (Å²) >= 11 is 0. The third kappa shape index (κ3) is 3.55. The fourth-order valence-electron chi connectivity index (χ4n) is 1.46. The van der Waals surface area contributed by atoms with Crippen molar-refractivity contribution < 1.29 is 13.7 Å². The quantitative estimate of drug-likeness (QED) is 0.683. The van der Waals surface area contributed by atoms with Crippen LogP contribution in [0.2, 0.25) is 0 Å². The second kappa shape index (κ2) is 4.40. The molecule has 0 aromatic rings. The topological polar surface area (TPSA) is 18.5 Å². The van der Waals surface area contributed by atoms with Gasteiger partial charge in [-0.2, -0.15) is 0 Å². The lowest BCUT2D eigenvalue weighted by Gasteiger charge is -2.32. The Balaban J connectivity index is 2.72. The van der Waals surface area contributed by atoms with Gasteiger partial charge in [0.2, 0.25) is 0 Å². The Kier molecular flexibility index (Phi) is 3.81. The van der Waals surface area contributed by atoms with Gasteiger partial charge in [-0.1, -0.05) is 26.8 Å². The maximum absolute atomic E-state index is 13.9. The number of hydrogen-bond donors (Lipinski definition) is 0. The number of halogens is 1. The molecule has 0 spiro atoms. The highest BCUT2D eigenvalue weighted by Crippen LogP contribution is 2.39. The maximum atomic E-state index is 13.9. The van der Waals surface area contributed by atoms with Crippen molar-refractivity contribution >= 4 is 7.12 Å². The lowest BCUT2D eigenvalue weighted by Crippen LogP contribution is -2.41. The van der Waals surface area contributed by atoms with E-state index in [0.29, 0.717) is 6.42 Å². The fraction of sp³-hybridized carbons (Fsp3) is 0.846. The van der Waals surface area contributed by atoms with Crippen LogP contribution >= 0.6 is 0 Å². The molecule has 4 heteroatoms. The van der Waals surface area contributed by atoms with Crippen molar-refractivity contribution in [2.75, 3.05) is 0 Å². The Hall–Kier alpha value is -0.345. The molecule has 1 heterocycles. The Morgan fingerprint density at radius 1 is 1.12 bits per heavy atom. The van der Waals surface area contributed by atoms with Gasteiger partial charge in [0.1, 0.15) is 5.73 Å². The minimum absolute atomic E-state index is 0.0704. The summed E-state index contributed by atoms with van der Waals surface area (Å²) in [5.41, 5.74) is -1.21. The van der Waals surface area contributed by atoms with Gasteiger partial charge in [-0.25, -0.2) is 4.39 Å². The van der Waals surface area contributed by atoms with Gasteiger partial charge in [0, 0.05) is 0 Å². The molecule has 0 N–H and O–H groups in total. The number of hydrogen-bond acceptors (Lipinski definition) is 2. The van der Waals surface area contributed by atoms with Crippen LogP contribution in [0, 0.1) is 5.41 Å². The molecule has 0 bridgehead atoms. The summed E-state index contributed by atoms with van der Waals surface area (Å²) < 4.78 is 25.2. The van der Waals surface area contributed by atoms with Crippen molar-refractivity contribution in [2.45, 2.75) is 66.1 Å². The molecular weight excluding hydrogens is 218 g/mol. The van der Waals surface area contributed by atoms with Crippen LogP contribution < -0.4 is 0 Å². The average Bonchev–Trinajstić information content (AvgIpc) is 2.31. The van der Waals surface area contributed by atoms with Crippen molar-refractivity contribution in [1.82, 2.24) is 0 Å². The van der Waals surface area contributed by atoms with E-state index in [9.17, 15) is 4.39 Å². The molecule has 0 aromatic heterocycles. The molecule has 0 saturated carbocycles. The van der Waals surface area contributed by atoms with Crippen molar-refractivity contribution in [3.8, 4) is 0 Å². The molecule has 0 radical (unpaired) electrons. The molecular formula is C13H24BFO2. The van der Waals surface area contributed by atoms with E-state index < -0.39 is 18.3 Å². The molecule has 2 nitrogen and oxygen atoms in total. The molecule has 1 aliphatic heterocycles. The Bertz CT molecular complexity index is 300. The van der Waals surface area contributed by atoms with Gasteiger partial charge in [0.05, 0.1) is 11.2 Å². The first-order chi connectivity index (χ1) is 7.45. The van der Waals surface area contributed by atoms with Crippen LogP contribution in [0.25, 0.3) is 0 Å². The predicted octanol–water partition coefficient (Wildman–Crippen LogP) is 3.91. The van der Waals surface area contributed by atoms with Crippen molar-refractivity contribution in [2.24, 2.45) is 5.41 Å². The third-order valence-electron chi connectivity index (χ3n) is 3.39. The minimum atomic E-state index is -0.859. The summed E-state index contributed by atoms with van der Waals surface area (Å²) in [6, 6.07) is 0. The summed E-state index contributed by atoms with van der Waals surface area (Å²) in [5, 5.41) is 0. The van der Waals surface area contributed by atoms with Crippen molar-refractivity contribution in [3.05, 3.63) is 11.8 Å². The van der Waals surface area contributed by atoms with Gasteiger partial charge < -0.3 is 9.31 Å². The Morgan fingerprint density at radius 3 is 1.88 bits per heavy atom. The summed E-state index contributed by atoms with van der Waals surface area (Å²) in [6.45, 7) is 13.9. The van der Waals surface area contributed by atoms with Crippen LogP contribution in [0.15, 0.2) is 11.8 Å². The van der Waals surface area contributed by atoms with Crippen LogP contribution in [0.5, 0.6) is 0 Å². The largest absolute Gasteiger partial charge is 0.524 e. The summed E-state index contributed by atoms with van der Waals surface area (Å²) in [5.74, 6) is 0. The molecule has 0 aliphatic carbocycles. The van der Waals surface area contributed by atoms with E-state index in [1.807, 2.05) is 27.7 Å². The monoisotopic (exact) mass is 242 g/mol. The first kappa shape index (κ1) is 14.7. The van der Waals surface area contributed by atoms with Crippen molar-refractivity contribution in [3.63, 3.8) is 0 Å². The first-order valence-corrected chi connectivity index (χ1v) is 6.16. The summed E-state index contributed by atoms with van der Waals surface area (Å²) in [6.07, 6.45) is 2.24. The highest BCUT2D eigenvalue weighted by molar-refractivity contribution is 6.53. The van der Waals surface area contributed by atoms with Gasteiger partial charge in [-0.3, -0.25) is 0 Å². The van der Waals surface area contributed by atoms with Gasteiger partial charge in [0.15, 0.2) is 0 Å². The van der Waals surface area contributed by atoms with Crippen LogP contribution in [0.3, 0.4) is 0 Å². The molecule has 0 amide bonds. The van der Waals surface area contributed by atoms with E-state index in [0.717, 1.165) is 0 Å². The highest BCUT2D eigenvalue weighted by atomic mass is 19.1. The van der Waals surface area contributed by atoms with E-state index in [-0.39, 0.29) is 11.1 Å². The molecule has 1 aliphatic rings. The van der Waals surface area contributed by atoms with Crippen LogP contribution in [-0.4, -0.2) is 18.3 Å². The van der Waals surface area contributed by atoms with E-state index in [1.54, 1.807) is 6.08 Å². The normalized spacial score (nSPS) is 24.2. The van der Waals surface area contributed by atoms with Crippen LogP contribution in [-0.2, 0) is 9.31 Å². The molecule has 0 aromatic carbocycles. The lowest BCUT2D eigenvalue weighted by molar-refractivity contribution is 0.00578. The lowest BCUT2D eigenvalue weighted by atomic mass is 9.84. The average molecular weight is 242 g/mol. The van der Waals surface area contributed by atoms with Gasteiger partial charge in [-0.05, 0) is 39.5 Å². The van der Waals surface area contributed by atoms with Crippen LogP contribution in [0.1, 0.15) is 54.9 Å². The summed E-state index contributed by atoms with van der Waals surface area (Å²) in [4.78, 5) is 0. The number of allylic oxidation sites excluding steroid dienone is 1. The smallest absolute Gasteiger partial charge is 0.398 e. The molecule has 1 saturated heterocycles. The second-order valence-corrected chi connectivity index (χ2v) is 6.94. The molecule has 1 rings (SSSR count). The molecule has 0 atom stereocenters. The van der Waals surface area contributed by atoms with E-state index >= 15 is 0 Å². The zero-order chi connectivity index (χ0) is 13.5. The van der Waals surface area contributed by atoms with Crippen molar-refractivity contribution in [1.29, 1.82) is 0 Å². The van der Waals surface area contributed by atoms with E-state index in [4.69, 9.17) is 9.31 Å². The van der Waals surface area contributed by atoms with E-state index in [1.165, 1.54) is 0 Å². The van der Waals surface area contributed by atoms with Gasteiger partial charge in [-0.15, -0.1) is 0 Å². The van der Waals surface area contributed by atoms with E-state index in [2.05, 4.69) is 20.8 Å². The maximum Gasteiger partial charge on any atom is 0.524 e. The molecule has 0 unspecified atom stereocenters. The molecule has 1 fully saturated rings. The summed E-state index contributed by atoms with van der Waals surface area (Å²) in [7, 11) is -0.859. The Labute approximate surface area is 105 Å². The Morgan fingerprint density at radius 2 is 1.53 bits per heavy atom. The third-order valence-corrected chi connectivity index (χ3v) is 3.39. The fourth-order valence-corrected chi connectivity index (χ4v) is 1.46. The molecule has 17 heavy (non-hydrogen) atoms. The second-order valence-electron chi connectivity index (χ2n) is 6.94. The van der Waals surface area contributed by atoms with Gasteiger partial charge in [0.25, 0.3) is 0 Å². The highest BCUT2D eigenvalue weighted by Gasteiger charge is 2.52. The first-order valence-electron chi connectivity index (χ1n) is 6.16. The van der Waals surface area contributed by atoms with Crippen LogP contribution in [0.4, 0.5) is 4.39 Å². The predicted molar refractivity (Wildman–Crippen MR) is 69.3 cm³/mol.